The lowest BCUT2D eigenvalue weighted by Gasteiger charge is -2.36. The summed E-state index contributed by atoms with van der Waals surface area (Å²) in [6.45, 7) is 5.91. The molecule has 8 rings (SSSR count). The maximum atomic E-state index is 15.1. The van der Waals surface area contributed by atoms with E-state index in [2.05, 4.69) is 43.7 Å². The fourth-order valence-corrected chi connectivity index (χ4v) is 11.3. The Bertz CT molecular complexity index is 3250. The molecule has 4 aromatic carbocycles. The molecule has 0 radical (unpaired) electrons. The fraction of sp³-hybridized carbons (Fsp3) is 0.375. The summed E-state index contributed by atoms with van der Waals surface area (Å²) in [5.41, 5.74) is -3.09. The molecule has 5 N–H and O–H groups in total. The maximum Gasteiger partial charge on any atom is 0.399 e. The lowest BCUT2D eigenvalue weighted by Crippen LogP contribution is -2.58. The van der Waals surface area contributed by atoms with Gasteiger partial charge in [0.25, 0.3) is 11.8 Å². The molecule has 78 heavy (non-hydrogen) atoms. The van der Waals surface area contributed by atoms with Crippen LogP contribution in [0.2, 0.25) is 0 Å². The van der Waals surface area contributed by atoms with Gasteiger partial charge < -0.3 is 39.9 Å². The third-order valence-corrected chi connectivity index (χ3v) is 16.5. The van der Waals surface area contributed by atoms with Crippen molar-refractivity contribution in [3.05, 3.63) is 134 Å². The minimum atomic E-state index is -5.86. The number of nitrogens with zero attached hydrogens (tertiary/aromatic N) is 3. The molecule has 22 heteroatoms. The van der Waals surface area contributed by atoms with Crippen molar-refractivity contribution in [1.29, 1.82) is 0 Å². The van der Waals surface area contributed by atoms with Crippen molar-refractivity contribution >= 4 is 92.0 Å². The Balaban J connectivity index is 0.928. The topological polar surface area (TPSA) is 232 Å². The summed E-state index contributed by atoms with van der Waals surface area (Å²) in [7, 11) is -5.86. The number of thiophene rings is 1. The second-order valence-corrected chi connectivity index (χ2v) is 24.1. The number of imide groups is 1. The highest BCUT2D eigenvalue weighted by Gasteiger charge is 2.51. The van der Waals surface area contributed by atoms with Gasteiger partial charge >= 0.3 is 13.3 Å². The Morgan fingerprint density at radius 2 is 1.72 bits per heavy atom. The minimum absolute atomic E-state index is 0.0145. The Hall–Kier alpha value is -6.66. The van der Waals surface area contributed by atoms with Crippen molar-refractivity contribution in [1.82, 2.24) is 25.8 Å². The number of rotatable bonds is 18. The van der Waals surface area contributed by atoms with Crippen LogP contribution in [0.4, 0.5) is 14.5 Å². The van der Waals surface area contributed by atoms with Gasteiger partial charge in [-0.25, -0.2) is 0 Å². The van der Waals surface area contributed by atoms with Gasteiger partial charge in [0.2, 0.25) is 29.5 Å². The summed E-state index contributed by atoms with van der Waals surface area (Å²) in [6, 6.07) is 22.9. The maximum absolute atomic E-state index is 15.1. The molecule has 4 heterocycles. The third kappa shape index (κ3) is 13.2. The second kappa shape index (κ2) is 24.1. The number of nitrogens with one attached hydrogen (secondary N) is 3. The van der Waals surface area contributed by atoms with E-state index in [4.69, 9.17) is 4.74 Å². The lowest BCUT2D eigenvalue weighted by atomic mass is 9.85. The molecule has 4 atom stereocenters. The minimum Gasteiger partial charge on any atom is -0.372 e. The number of ether oxygens (including phenoxy) is 1. The van der Waals surface area contributed by atoms with E-state index in [1.54, 1.807) is 57.2 Å². The first-order valence-corrected chi connectivity index (χ1v) is 28.6. The van der Waals surface area contributed by atoms with Gasteiger partial charge in [-0.1, -0.05) is 91.0 Å². The van der Waals surface area contributed by atoms with Gasteiger partial charge in [0.1, 0.15) is 18.1 Å². The van der Waals surface area contributed by atoms with Crippen molar-refractivity contribution in [2.24, 2.45) is 5.41 Å². The molecule has 5 aromatic rings. The number of hydrogen-bond acceptors (Lipinski definition) is 10. The van der Waals surface area contributed by atoms with E-state index in [1.807, 2.05) is 36.4 Å². The number of fused-ring (bicyclic) bond motifs is 2. The summed E-state index contributed by atoms with van der Waals surface area (Å²) in [5.74, 6) is 3.12. The van der Waals surface area contributed by atoms with Crippen molar-refractivity contribution in [3.63, 3.8) is 0 Å². The molecule has 17 nitrogen and oxygen atoms in total. The first-order chi connectivity index (χ1) is 37.0. The molecular formula is C56H58BrF2N6O11PS. The SMILES string of the molecule is CC(C)(C)[C@H](NC(=O)c1cc2cc(C(F)(F)P(=O)(O)O)ccc2s1)C(=O)N1C[C@H](OCc2ccccc2)C[C@H]1C(=O)N(CCC(=O)NCCCCC#Cc1cccc2c1CN(C1CCC(=O)NC1=O)C2=O)c1ccc(Br)cc1. The molecule has 2 fully saturated rings. The fourth-order valence-electron chi connectivity index (χ4n) is 9.61. The van der Waals surface area contributed by atoms with Gasteiger partial charge in [-0.05, 0) is 95.8 Å². The molecular weight excluding hydrogens is 1110 g/mol. The summed E-state index contributed by atoms with van der Waals surface area (Å²) >= 11 is 4.40. The van der Waals surface area contributed by atoms with E-state index >= 15 is 9.59 Å². The highest BCUT2D eigenvalue weighted by molar-refractivity contribution is 9.10. The zero-order valence-electron chi connectivity index (χ0n) is 42.9. The number of likely N-dealkylation sites (tertiary alicyclic amines) is 1. The van der Waals surface area contributed by atoms with E-state index < -0.39 is 72.1 Å². The third-order valence-electron chi connectivity index (χ3n) is 13.8. The average molecular weight is 1170 g/mol. The summed E-state index contributed by atoms with van der Waals surface area (Å²) < 4.78 is 48.4. The summed E-state index contributed by atoms with van der Waals surface area (Å²) in [5, 5.41) is 8.21. The predicted octanol–water partition coefficient (Wildman–Crippen LogP) is 7.74. The number of unbranched alkanes of at least 4 members (excludes halogenated alkanes) is 2. The van der Waals surface area contributed by atoms with Crippen LogP contribution in [0.3, 0.4) is 0 Å². The van der Waals surface area contributed by atoms with Crippen LogP contribution in [-0.4, -0.2) is 105 Å². The summed E-state index contributed by atoms with van der Waals surface area (Å²) in [6.07, 6.45) is 1.56. The van der Waals surface area contributed by atoms with Gasteiger partial charge in [0.05, 0.1) is 17.6 Å². The van der Waals surface area contributed by atoms with E-state index in [0.29, 0.717) is 47.3 Å². The molecule has 1 aromatic heterocycles. The van der Waals surface area contributed by atoms with Crippen LogP contribution in [0.25, 0.3) is 10.1 Å². The molecule has 0 bridgehead atoms. The highest BCUT2D eigenvalue weighted by Crippen LogP contribution is 2.59. The molecule has 2 saturated heterocycles. The number of benzene rings is 4. The van der Waals surface area contributed by atoms with Gasteiger partial charge in [-0.2, -0.15) is 8.78 Å². The first kappa shape index (κ1) is 57.5. The number of alkyl halides is 2. The Morgan fingerprint density at radius 3 is 2.42 bits per heavy atom. The zero-order chi connectivity index (χ0) is 56.1. The van der Waals surface area contributed by atoms with Crippen LogP contribution in [0.1, 0.15) is 108 Å². The van der Waals surface area contributed by atoms with Crippen LogP contribution in [0.5, 0.6) is 0 Å². The van der Waals surface area contributed by atoms with Crippen LogP contribution in [0.15, 0.2) is 102 Å². The van der Waals surface area contributed by atoms with Gasteiger partial charge in [0, 0.05) is 83.4 Å². The van der Waals surface area contributed by atoms with Crippen molar-refractivity contribution < 1.29 is 61.4 Å². The molecule has 0 aliphatic carbocycles. The predicted molar refractivity (Wildman–Crippen MR) is 291 cm³/mol. The normalized spacial score (nSPS) is 18.0. The van der Waals surface area contributed by atoms with Crippen LogP contribution < -0.4 is 20.9 Å². The molecule has 0 saturated carbocycles. The van der Waals surface area contributed by atoms with Crippen molar-refractivity contribution in [2.75, 3.05) is 24.5 Å². The molecule has 1 unspecified atom stereocenters. The second-order valence-electron chi connectivity index (χ2n) is 20.4. The number of carbonyl (C=O) groups excluding carboxylic acids is 7. The van der Waals surface area contributed by atoms with Gasteiger partial charge in [0.15, 0.2) is 0 Å². The number of piperidine rings is 1. The van der Waals surface area contributed by atoms with Gasteiger partial charge in [-0.3, -0.25) is 43.4 Å². The average Bonchev–Trinajstić information content (AvgIpc) is 4.13. The van der Waals surface area contributed by atoms with Crippen LogP contribution >= 0.6 is 34.9 Å². The largest absolute Gasteiger partial charge is 0.399 e. The van der Waals surface area contributed by atoms with Crippen LogP contribution in [-0.2, 0) is 52.1 Å². The number of anilines is 1. The molecule has 3 aliphatic heterocycles. The zero-order valence-corrected chi connectivity index (χ0v) is 46.2. The molecule has 7 amide bonds. The van der Waals surface area contributed by atoms with Crippen molar-refractivity contribution in [3.8, 4) is 11.8 Å². The Kier molecular flexibility index (Phi) is 17.8. The molecule has 410 valence electrons. The van der Waals surface area contributed by atoms with Gasteiger partial charge in [-0.15, -0.1) is 11.3 Å². The summed E-state index contributed by atoms with van der Waals surface area (Å²) in [4.78, 5) is 118. The number of amides is 7. The van der Waals surface area contributed by atoms with Crippen LogP contribution in [0, 0.1) is 17.3 Å². The Morgan fingerprint density at radius 1 is 0.974 bits per heavy atom. The monoisotopic (exact) mass is 1170 g/mol. The van der Waals surface area contributed by atoms with E-state index in [9.17, 15) is 47.1 Å². The van der Waals surface area contributed by atoms with E-state index in [0.717, 1.165) is 39.1 Å². The molecule has 3 aliphatic rings. The Labute approximate surface area is 461 Å². The number of carbonyl (C=O) groups is 7. The van der Waals surface area contributed by atoms with E-state index in [1.165, 1.54) is 26.8 Å². The smallest absolute Gasteiger partial charge is 0.372 e. The number of halogens is 3. The van der Waals surface area contributed by atoms with Crippen molar-refractivity contribution in [2.45, 2.75) is 109 Å². The quantitative estimate of drug-likeness (QED) is 0.0246. The standard InChI is InChI=1S/C56H58BrF2N6O11PS/c1-55(2,3)49(62-51(69)46-29-36-28-37(17-23-45(36)78-46)56(58,59)77(73,74)75)54(72)64-31-40(76-33-34-12-7-6-8-13-34)30-44(64)53(71)63(39-20-18-38(57)19-21-39)27-25-47(66)60-26-10-5-4-9-14-35-15-11-16-41-42(35)32-65(52(41)70)43-22-24-48(67)61-50(43)68/h6-8,11-13,15-21,23,28-29,40,43-44,49H,4-5,10,22,24-27,30-33H2,1-3H3,(H,60,66)(H,62,69)(H,61,67,68)(H2,73,74,75)/t40-,43?,44+,49-/m1/s1. The van der Waals surface area contributed by atoms with E-state index in [-0.39, 0.29) is 79.9 Å². The lowest BCUT2D eigenvalue weighted by molar-refractivity contribution is -0.141. The first-order valence-electron chi connectivity index (χ1n) is 25.3. The number of hydrogen-bond donors (Lipinski definition) is 5. The highest BCUT2D eigenvalue weighted by atomic mass is 79.9. The molecule has 0 spiro atoms.